The maximum absolute atomic E-state index is 13.8. The molecule has 3 rings (SSSR count). The molecule has 0 aliphatic rings. The molecule has 3 aromatic rings. The highest BCUT2D eigenvalue weighted by atomic mass is 32.1. The van der Waals surface area contributed by atoms with E-state index in [0.29, 0.717) is 0 Å². The lowest BCUT2D eigenvalue weighted by atomic mass is 10.1. The number of carbonyl (C=O) groups excluding carboxylic acids is 1. The molecule has 0 radical (unpaired) electrons. The van der Waals surface area contributed by atoms with Gasteiger partial charge in [-0.3, -0.25) is 10.1 Å². The van der Waals surface area contributed by atoms with Crippen LogP contribution in [0.3, 0.4) is 0 Å². The summed E-state index contributed by atoms with van der Waals surface area (Å²) >= 11 is 1.01. The van der Waals surface area contributed by atoms with Gasteiger partial charge in [-0.15, -0.1) is 11.3 Å². The SMILES string of the molecule is O=C(Nc1nc(-c2cc(F)ccc2F)cs1)c1cccc(OC(F)F)c1. The van der Waals surface area contributed by atoms with Gasteiger partial charge in [-0.25, -0.2) is 13.8 Å². The summed E-state index contributed by atoms with van der Waals surface area (Å²) in [6.07, 6.45) is 0. The molecule has 1 heterocycles. The maximum Gasteiger partial charge on any atom is 0.387 e. The van der Waals surface area contributed by atoms with E-state index in [2.05, 4.69) is 15.0 Å². The van der Waals surface area contributed by atoms with E-state index < -0.39 is 24.2 Å². The van der Waals surface area contributed by atoms with E-state index in [-0.39, 0.29) is 27.7 Å². The molecule has 0 atom stereocenters. The number of rotatable bonds is 5. The van der Waals surface area contributed by atoms with Crippen molar-refractivity contribution in [3.8, 4) is 17.0 Å². The zero-order valence-corrected chi connectivity index (χ0v) is 13.7. The van der Waals surface area contributed by atoms with Gasteiger partial charge in [-0.2, -0.15) is 8.78 Å². The first-order valence-corrected chi connectivity index (χ1v) is 8.07. The number of alkyl halides is 2. The number of hydrogen-bond acceptors (Lipinski definition) is 4. The molecule has 2 aromatic carbocycles. The van der Waals surface area contributed by atoms with E-state index >= 15 is 0 Å². The highest BCUT2D eigenvalue weighted by Gasteiger charge is 2.14. The molecule has 0 unspecified atom stereocenters. The van der Waals surface area contributed by atoms with Crippen molar-refractivity contribution in [2.45, 2.75) is 6.61 Å². The Morgan fingerprint density at radius 3 is 2.73 bits per heavy atom. The molecule has 26 heavy (non-hydrogen) atoms. The van der Waals surface area contributed by atoms with Crippen LogP contribution in [-0.4, -0.2) is 17.5 Å². The summed E-state index contributed by atoms with van der Waals surface area (Å²) in [4.78, 5) is 16.2. The minimum atomic E-state index is -3.00. The molecule has 0 aliphatic carbocycles. The summed E-state index contributed by atoms with van der Waals surface area (Å²) in [6, 6.07) is 8.22. The summed E-state index contributed by atoms with van der Waals surface area (Å²) in [7, 11) is 0. The van der Waals surface area contributed by atoms with Gasteiger partial charge < -0.3 is 4.74 Å². The molecule has 0 saturated carbocycles. The molecular weight excluding hydrogens is 372 g/mol. The summed E-state index contributed by atoms with van der Waals surface area (Å²) in [6.45, 7) is -3.00. The Bertz CT molecular complexity index is 946. The number of nitrogens with one attached hydrogen (secondary N) is 1. The number of nitrogens with zero attached hydrogens (tertiary/aromatic N) is 1. The number of carbonyl (C=O) groups is 1. The largest absolute Gasteiger partial charge is 0.435 e. The second kappa shape index (κ2) is 7.52. The van der Waals surface area contributed by atoms with E-state index in [0.717, 1.165) is 35.6 Å². The van der Waals surface area contributed by atoms with E-state index in [1.807, 2.05) is 0 Å². The van der Waals surface area contributed by atoms with Crippen molar-refractivity contribution in [3.05, 3.63) is 65.0 Å². The molecule has 4 nitrogen and oxygen atoms in total. The Labute approximate surface area is 149 Å². The zero-order chi connectivity index (χ0) is 18.7. The first-order chi connectivity index (χ1) is 12.4. The van der Waals surface area contributed by atoms with E-state index in [1.54, 1.807) is 0 Å². The van der Waals surface area contributed by atoms with Crippen molar-refractivity contribution in [2.24, 2.45) is 0 Å². The van der Waals surface area contributed by atoms with Crippen LogP contribution in [0.25, 0.3) is 11.3 Å². The Hall–Kier alpha value is -2.94. The van der Waals surface area contributed by atoms with E-state index in [9.17, 15) is 22.4 Å². The highest BCUT2D eigenvalue weighted by Crippen LogP contribution is 2.28. The number of halogens is 4. The average molecular weight is 382 g/mol. The Kier molecular flexibility index (Phi) is 5.17. The van der Waals surface area contributed by atoms with Crippen molar-refractivity contribution in [2.75, 3.05) is 5.32 Å². The zero-order valence-electron chi connectivity index (χ0n) is 12.9. The predicted molar refractivity (Wildman–Crippen MR) is 88.5 cm³/mol. The molecule has 0 aliphatic heterocycles. The van der Waals surface area contributed by atoms with Gasteiger partial charge in [0.25, 0.3) is 5.91 Å². The van der Waals surface area contributed by atoms with Gasteiger partial charge in [0.1, 0.15) is 17.4 Å². The molecule has 0 fully saturated rings. The van der Waals surface area contributed by atoms with E-state index in [4.69, 9.17) is 0 Å². The number of anilines is 1. The van der Waals surface area contributed by atoms with Crippen LogP contribution in [0.15, 0.2) is 47.8 Å². The van der Waals surface area contributed by atoms with Gasteiger partial charge in [0.15, 0.2) is 5.13 Å². The molecule has 9 heteroatoms. The summed E-state index contributed by atoms with van der Waals surface area (Å²) in [5.74, 6) is -2.03. The number of thiazole rings is 1. The minimum Gasteiger partial charge on any atom is -0.435 e. The first kappa shape index (κ1) is 17.9. The molecule has 1 N–H and O–H groups in total. The van der Waals surface area contributed by atoms with Crippen LogP contribution >= 0.6 is 11.3 Å². The molecule has 0 spiro atoms. The van der Waals surface area contributed by atoms with Crippen molar-refractivity contribution in [1.82, 2.24) is 4.98 Å². The standard InChI is InChI=1S/C17H10F4N2O2S/c18-10-4-5-13(19)12(7-10)14-8-26-17(22-14)23-15(24)9-2-1-3-11(6-9)25-16(20)21/h1-8,16H,(H,22,23,24). The van der Waals surface area contributed by atoms with Gasteiger partial charge in [-0.1, -0.05) is 6.07 Å². The molecular formula is C17H10F4N2O2S. The van der Waals surface area contributed by atoms with Crippen LogP contribution in [0, 0.1) is 11.6 Å². The molecule has 1 amide bonds. The van der Waals surface area contributed by atoms with Gasteiger partial charge >= 0.3 is 6.61 Å². The average Bonchev–Trinajstić information content (AvgIpc) is 3.05. The number of amides is 1. The van der Waals surface area contributed by atoms with Gasteiger partial charge in [-0.05, 0) is 36.4 Å². The summed E-state index contributed by atoms with van der Waals surface area (Å²) in [5, 5.41) is 4.08. The van der Waals surface area contributed by atoms with Crippen LogP contribution < -0.4 is 10.1 Å². The van der Waals surface area contributed by atoms with E-state index in [1.165, 1.54) is 23.6 Å². The van der Waals surface area contributed by atoms with Crippen molar-refractivity contribution in [3.63, 3.8) is 0 Å². The number of aromatic nitrogens is 1. The van der Waals surface area contributed by atoms with Crippen LogP contribution in [-0.2, 0) is 0 Å². The van der Waals surface area contributed by atoms with Crippen molar-refractivity contribution in [1.29, 1.82) is 0 Å². The van der Waals surface area contributed by atoms with Crippen molar-refractivity contribution < 1.29 is 27.1 Å². The minimum absolute atomic E-state index is 0.0333. The normalized spacial score (nSPS) is 10.8. The second-order valence-electron chi connectivity index (χ2n) is 5.02. The monoisotopic (exact) mass is 382 g/mol. The first-order valence-electron chi connectivity index (χ1n) is 7.19. The Morgan fingerprint density at radius 1 is 1.15 bits per heavy atom. The molecule has 0 bridgehead atoms. The van der Waals surface area contributed by atoms with Gasteiger partial charge in [0.2, 0.25) is 0 Å². The summed E-state index contributed by atoms with van der Waals surface area (Å²) < 4.78 is 55.8. The number of benzene rings is 2. The third kappa shape index (κ3) is 4.17. The van der Waals surface area contributed by atoms with Crippen LogP contribution in [0.1, 0.15) is 10.4 Å². The lowest BCUT2D eigenvalue weighted by molar-refractivity contribution is -0.0498. The number of hydrogen-bond donors (Lipinski definition) is 1. The highest BCUT2D eigenvalue weighted by molar-refractivity contribution is 7.14. The topological polar surface area (TPSA) is 51.2 Å². The summed E-state index contributed by atoms with van der Waals surface area (Å²) in [5.41, 5.74) is 0.211. The quantitative estimate of drug-likeness (QED) is 0.636. The third-order valence-corrected chi connectivity index (χ3v) is 4.01. The van der Waals surface area contributed by atoms with Crippen LogP contribution in [0.2, 0.25) is 0 Å². The van der Waals surface area contributed by atoms with Gasteiger partial charge in [0, 0.05) is 16.5 Å². The van der Waals surface area contributed by atoms with Crippen LogP contribution in [0.5, 0.6) is 5.75 Å². The maximum atomic E-state index is 13.8. The van der Waals surface area contributed by atoms with Crippen LogP contribution in [0.4, 0.5) is 22.7 Å². The Morgan fingerprint density at radius 2 is 1.96 bits per heavy atom. The van der Waals surface area contributed by atoms with Gasteiger partial charge in [0.05, 0.1) is 5.69 Å². The lowest BCUT2D eigenvalue weighted by Gasteiger charge is -2.06. The third-order valence-electron chi connectivity index (χ3n) is 3.25. The Balaban J connectivity index is 1.77. The molecule has 1 aromatic heterocycles. The molecule has 0 saturated heterocycles. The molecule has 134 valence electrons. The number of ether oxygens (including phenoxy) is 1. The second-order valence-corrected chi connectivity index (χ2v) is 5.88. The lowest BCUT2D eigenvalue weighted by Crippen LogP contribution is -2.12. The fourth-order valence-corrected chi connectivity index (χ4v) is 2.84. The predicted octanol–water partition coefficient (Wildman–Crippen LogP) is 4.94. The smallest absolute Gasteiger partial charge is 0.387 e. The fourth-order valence-electron chi connectivity index (χ4n) is 2.13. The fraction of sp³-hybridized carbons (Fsp3) is 0.0588. The van der Waals surface area contributed by atoms with Crippen molar-refractivity contribution >= 4 is 22.4 Å².